The van der Waals surface area contributed by atoms with E-state index in [0.29, 0.717) is 0 Å². The quantitative estimate of drug-likeness (QED) is 0.588. The third-order valence-electron chi connectivity index (χ3n) is 0.765. The van der Waals surface area contributed by atoms with Crippen LogP contribution >= 0.6 is 0 Å². The second kappa shape index (κ2) is 2.41. The smallest absolute Gasteiger partial charge is 0.278 e. The zero-order valence-electron chi connectivity index (χ0n) is 6.40. The zero-order chi connectivity index (χ0) is 7.61. The van der Waals surface area contributed by atoms with Crippen LogP contribution in [0.1, 0.15) is 0 Å². The molecule has 0 aliphatic rings. The maximum absolute atomic E-state index is 5.42. The Morgan fingerprint density at radius 1 is 1.40 bits per heavy atom. The van der Waals surface area contributed by atoms with Crippen molar-refractivity contribution in [2.24, 2.45) is 0 Å². The molecule has 0 atom stereocenters. The lowest BCUT2D eigenvalue weighted by molar-refractivity contribution is 0.225. The maximum Gasteiger partial charge on any atom is 0.278 e. The first-order valence-electron chi connectivity index (χ1n) is 3.12. The Kier molecular flexibility index (Phi) is 1.75. The van der Waals surface area contributed by atoms with Gasteiger partial charge in [-0.2, -0.15) is 0 Å². The van der Waals surface area contributed by atoms with Crippen molar-refractivity contribution in [1.82, 2.24) is 14.9 Å². The number of nitrogens with zero attached hydrogens (tertiary/aromatic N) is 3. The van der Waals surface area contributed by atoms with Gasteiger partial charge < -0.3 is 4.53 Å². The molecule has 0 aliphatic heterocycles. The Morgan fingerprint density at radius 3 is 2.50 bits per heavy atom. The highest BCUT2D eigenvalue weighted by Crippen LogP contribution is 1.96. The fraction of sp³-hybridized carbons (Fsp3) is 0.600. The highest BCUT2D eigenvalue weighted by molar-refractivity contribution is 6.69. The van der Waals surface area contributed by atoms with Crippen molar-refractivity contribution in [1.29, 1.82) is 0 Å². The van der Waals surface area contributed by atoms with E-state index in [2.05, 4.69) is 29.7 Å². The summed E-state index contributed by atoms with van der Waals surface area (Å²) in [6.07, 6.45) is 3.01. The molecule has 0 bridgehead atoms. The van der Waals surface area contributed by atoms with Gasteiger partial charge in [0, 0.05) is 0 Å². The highest BCUT2D eigenvalue weighted by Gasteiger charge is 2.17. The molecule has 0 aromatic carbocycles. The molecule has 0 amide bonds. The number of rotatable bonds is 2. The summed E-state index contributed by atoms with van der Waals surface area (Å²) in [5.41, 5.74) is 0. The van der Waals surface area contributed by atoms with Gasteiger partial charge in [-0.15, -0.1) is 9.94 Å². The Labute approximate surface area is 60.9 Å². The van der Waals surface area contributed by atoms with Crippen LogP contribution in [0, 0.1) is 0 Å². The molecular weight excluding hydrogens is 146 g/mol. The van der Waals surface area contributed by atoms with E-state index in [1.165, 1.54) is 11.2 Å². The molecule has 1 aromatic rings. The topological polar surface area (TPSA) is 39.9 Å². The standard InChI is InChI=1S/C5H11N3OSi/c1-10(2,3)9-8-5-6-4-7-8/h4-5H,1-3H3. The van der Waals surface area contributed by atoms with E-state index in [-0.39, 0.29) is 0 Å². The minimum atomic E-state index is -1.50. The van der Waals surface area contributed by atoms with E-state index in [1.54, 1.807) is 6.33 Å². The summed E-state index contributed by atoms with van der Waals surface area (Å²) in [5.74, 6) is 0. The Morgan fingerprint density at radius 2 is 2.10 bits per heavy atom. The second-order valence-electron chi connectivity index (χ2n) is 3.00. The molecule has 0 N–H and O–H groups in total. The largest absolute Gasteiger partial charge is 0.455 e. The van der Waals surface area contributed by atoms with Crippen molar-refractivity contribution >= 4 is 8.32 Å². The van der Waals surface area contributed by atoms with Crippen LogP contribution in [0.3, 0.4) is 0 Å². The van der Waals surface area contributed by atoms with Crippen molar-refractivity contribution in [3.63, 3.8) is 0 Å². The summed E-state index contributed by atoms with van der Waals surface area (Å²) < 4.78 is 5.42. The average molecular weight is 157 g/mol. The summed E-state index contributed by atoms with van der Waals surface area (Å²) in [7, 11) is -1.50. The Bertz CT molecular complexity index is 191. The van der Waals surface area contributed by atoms with E-state index >= 15 is 0 Å². The fourth-order valence-electron chi connectivity index (χ4n) is 0.525. The van der Waals surface area contributed by atoms with Crippen LogP contribution in [0.25, 0.3) is 0 Å². The molecule has 1 aromatic heterocycles. The van der Waals surface area contributed by atoms with Crippen LogP contribution in [-0.4, -0.2) is 23.2 Å². The first-order valence-corrected chi connectivity index (χ1v) is 6.53. The van der Waals surface area contributed by atoms with Gasteiger partial charge in [0.1, 0.15) is 6.33 Å². The molecule has 0 spiro atoms. The van der Waals surface area contributed by atoms with Gasteiger partial charge in [0.05, 0.1) is 0 Å². The van der Waals surface area contributed by atoms with Crippen LogP contribution in [-0.2, 0) is 0 Å². The van der Waals surface area contributed by atoms with Gasteiger partial charge >= 0.3 is 0 Å². The lowest BCUT2D eigenvalue weighted by Gasteiger charge is -2.16. The van der Waals surface area contributed by atoms with Crippen molar-refractivity contribution < 1.29 is 4.53 Å². The summed E-state index contributed by atoms with van der Waals surface area (Å²) >= 11 is 0. The number of aromatic nitrogens is 3. The predicted molar refractivity (Wildman–Crippen MR) is 39.9 cm³/mol. The molecular formula is C5H11N3OSi. The molecule has 1 heterocycles. The minimum Gasteiger partial charge on any atom is -0.455 e. The van der Waals surface area contributed by atoms with Crippen molar-refractivity contribution in [2.45, 2.75) is 19.6 Å². The molecule has 1 rings (SSSR count). The maximum atomic E-state index is 5.42. The van der Waals surface area contributed by atoms with E-state index in [4.69, 9.17) is 4.53 Å². The van der Waals surface area contributed by atoms with Gasteiger partial charge in [0.2, 0.25) is 0 Å². The lowest BCUT2D eigenvalue weighted by Crippen LogP contribution is -2.36. The van der Waals surface area contributed by atoms with Crippen LogP contribution in [0.2, 0.25) is 19.6 Å². The van der Waals surface area contributed by atoms with Crippen LogP contribution in [0.4, 0.5) is 0 Å². The molecule has 0 radical (unpaired) electrons. The fourth-order valence-corrected chi connectivity index (χ4v) is 1.18. The summed E-state index contributed by atoms with van der Waals surface area (Å²) in [4.78, 5) is 5.16. The first-order chi connectivity index (χ1) is 4.58. The van der Waals surface area contributed by atoms with Crippen molar-refractivity contribution in [3.05, 3.63) is 12.7 Å². The minimum absolute atomic E-state index is 1.41. The zero-order valence-corrected chi connectivity index (χ0v) is 7.40. The van der Waals surface area contributed by atoms with Gasteiger partial charge in [-0.25, -0.2) is 4.98 Å². The van der Waals surface area contributed by atoms with Gasteiger partial charge in [0.25, 0.3) is 8.32 Å². The van der Waals surface area contributed by atoms with Crippen molar-refractivity contribution in [2.75, 3.05) is 0 Å². The average Bonchev–Trinajstić information content (AvgIpc) is 2.12. The van der Waals surface area contributed by atoms with E-state index < -0.39 is 8.32 Å². The molecule has 0 aliphatic carbocycles. The highest BCUT2D eigenvalue weighted by atomic mass is 28.4. The van der Waals surface area contributed by atoms with E-state index in [1.807, 2.05) is 0 Å². The number of hydrogen-bond donors (Lipinski definition) is 0. The molecule has 10 heavy (non-hydrogen) atoms. The summed E-state index contributed by atoms with van der Waals surface area (Å²) in [5, 5.41) is 3.82. The van der Waals surface area contributed by atoms with Gasteiger partial charge in [-0.05, 0) is 19.6 Å². The number of hydrogen-bond acceptors (Lipinski definition) is 3. The molecule has 0 saturated heterocycles. The molecule has 0 saturated carbocycles. The molecule has 56 valence electrons. The SMILES string of the molecule is C[Si](C)(C)On1cncn1. The molecule has 0 unspecified atom stereocenters. The van der Waals surface area contributed by atoms with E-state index in [9.17, 15) is 0 Å². The van der Waals surface area contributed by atoms with Gasteiger partial charge in [0.15, 0.2) is 6.33 Å². The van der Waals surface area contributed by atoms with Crippen molar-refractivity contribution in [3.8, 4) is 0 Å². The molecule has 0 fully saturated rings. The van der Waals surface area contributed by atoms with Crippen LogP contribution in [0.15, 0.2) is 12.7 Å². The summed E-state index contributed by atoms with van der Waals surface area (Å²) in [6, 6.07) is 0. The Balaban J connectivity index is 2.57. The van der Waals surface area contributed by atoms with Gasteiger partial charge in [-0.1, -0.05) is 0 Å². The predicted octanol–water partition coefficient (Wildman–Crippen LogP) is 0.542. The lowest BCUT2D eigenvalue weighted by atomic mass is 11.3. The van der Waals surface area contributed by atoms with Crippen LogP contribution in [0.5, 0.6) is 0 Å². The third kappa shape index (κ3) is 2.18. The monoisotopic (exact) mass is 157 g/mol. The first kappa shape index (κ1) is 7.27. The summed E-state index contributed by atoms with van der Waals surface area (Å²) in [6.45, 7) is 6.28. The second-order valence-corrected chi connectivity index (χ2v) is 7.41. The van der Waals surface area contributed by atoms with Crippen LogP contribution < -0.4 is 4.53 Å². The third-order valence-corrected chi connectivity index (χ3v) is 1.50. The Hall–Kier alpha value is -0.843. The van der Waals surface area contributed by atoms with Gasteiger partial charge in [-0.3, -0.25) is 0 Å². The molecule has 4 nitrogen and oxygen atoms in total. The molecule has 5 heteroatoms. The van der Waals surface area contributed by atoms with E-state index in [0.717, 1.165) is 0 Å². The normalized spacial score (nSPS) is 11.5.